The standard InChI is InChI=1S/C14H28O2Si/c1-7-12-13(10-8-9-11-15-12)16-17(5,6)14(2,3)4/h7,12-13H,1,8-11H2,2-6H3/t12-,13+/m1/s1. The second-order valence-electron chi connectivity index (χ2n) is 6.48. The molecule has 3 heteroatoms. The average Bonchev–Trinajstić information content (AvgIpc) is 2.40. The molecule has 2 atom stereocenters. The summed E-state index contributed by atoms with van der Waals surface area (Å²) in [6.07, 6.45) is 5.63. The van der Waals surface area contributed by atoms with E-state index in [1.165, 1.54) is 6.42 Å². The van der Waals surface area contributed by atoms with E-state index in [-0.39, 0.29) is 17.2 Å². The molecule has 0 aromatic rings. The zero-order valence-electron chi connectivity index (χ0n) is 12.1. The van der Waals surface area contributed by atoms with Crippen molar-refractivity contribution < 1.29 is 9.16 Å². The maximum absolute atomic E-state index is 6.47. The van der Waals surface area contributed by atoms with Crippen LogP contribution in [0.15, 0.2) is 12.7 Å². The van der Waals surface area contributed by atoms with Gasteiger partial charge in [-0.1, -0.05) is 26.8 Å². The summed E-state index contributed by atoms with van der Waals surface area (Å²) in [5.41, 5.74) is 0. The van der Waals surface area contributed by atoms with E-state index in [0.717, 1.165) is 19.4 Å². The third-order valence-electron chi connectivity index (χ3n) is 4.04. The lowest BCUT2D eigenvalue weighted by atomic mass is 10.1. The molecule has 1 fully saturated rings. The van der Waals surface area contributed by atoms with Gasteiger partial charge in [-0.2, -0.15) is 0 Å². The van der Waals surface area contributed by atoms with Gasteiger partial charge in [-0.3, -0.25) is 0 Å². The van der Waals surface area contributed by atoms with E-state index in [1.807, 2.05) is 6.08 Å². The van der Waals surface area contributed by atoms with E-state index in [4.69, 9.17) is 9.16 Å². The molecule has 1 saturated heterocycles. The van der Waals surface area contributed by atoms with Crippen molar-refractivity contribution in [3.8, 4) is 0 Å². The summed E-state index contributed by atoms with van der Waals surface area (Å²) in [6, 6.07) is 0. The van der Waals surface area contributed by atoms with E-state index >= 15 is 0 Å². The van der Waals surface area contributed by atoms with Gasteiger partial charge in [-0.05, 0) is 37.4 Å². The van der Waals surface area contributed by atoms with E-state index in [0.29, 0.717) is 0 Å². The van der Waals surface area contributed by atoms with Crippen molar-refractivity contribution in [1.82, 2.24) is 0 Å². The maximum Gasteiger partial charge on any atom is 0.192 e. The lowest BCUT2D eigenvalue weighted by Crippen LogP contribution is -2.46. The highest BCUT2D eigenvalue weighted by atomic mass is 28.4. The van der Waals surface area contributed by atoms with Gasteiger partial charge in [-0.25, -0.2) is 0 Å². The smallest absolute Gasteiger partial charge is 0.192 e. The van der Waals surface area contributed by atoms with Crippen LogP contribution < -0.4 is 0 Å². The molecule has 1 heterocycles. The second-order valence-corrected chi connectivity index (χ2v) is 11.2. The molecule has 2 nitrogen and oxygen atoms in total. The minimum atomic E-state index is -1.70. The molecular weight excluding hydrogens is 228 g/mol. The lowest BCUT2D eigenvalue weighted by molar-refractivity contribution is 0.00972. The largest absolute Gasteiger partial charge is 0.411 e. The molecule has 0 unspecified atom stereocenters. The molecule has 0 radical (unpaired) electrons. The van der Waals surface area contributed by atoms with Crippen molar-refractivity contribution in [3.63, 3.8) is 0 Å². The van der Waals surface area contributed by atoms with Gasteiger partial charge in [0.25, 0.3) is 0 Å². The quantitative estimate of drug-likeness (QED) is 0.558. The Bertz CT molecular complexity index is 255. The highest BCUT2D eigenvalue weighted by Crippen LogP contribution is 2.38. The first kappa shape index (κ1) is 14.9. The van der Waals surface area contributed by atoms with Crippen molar-refractivity contribution in [2.45, 2.75) is 70.4 Å². The van der Waals surface area contributed by atoms with E-state index in [2.05, 4.69) is 40.4 Å². The van der Waals surface area contributed by atoms with Crippen LogP contribution in [0, 0.1) is 0 Å². The predicted molar refractivity (Wildman–Crippen MR) is 75.9 cm³/mol. The fraction of sp³-hybridized carbons (Fsp3) is 0.857. The van der Waals surface area contributed by atoms with Crippen molar-refractivity contribution in [3.05, 3.63) is 12.7 Å². The summed E-state index contributed by atoms with van der Waals surface area (Å²) in [6.45, 7) is 16.2. The van der Waals surface area contributed by atoms with Crippen LogP contribution in [0.25, 0.3) is 0 Å². The summed E-state index contributed by atoms with van der Waals surface area (Å²) >= 11 is 0. The molecular formula is C14H28O2Si. The van der Waals surface area contributed by atoms with Crippen LogP contribution in [0.5, 0.6) is 0 Å². The molecule has 100 valence electrons. The molecule has 0 amide bonds. The molecule has 0 spiro atoms. The third-order valence-corrected chi connectivity index (χ3v) is 8.55. The molecule has 17 heavy (non-hydrogen) atoms. The first-order chi connectivity index (χ1) is 7.78. The molecule has 0 bridgehead atoms. The summed E-state index contributed by atoms with van der Waals surface area (Å²) in [7, 11) is -1.70. The van der Waals surface area contributed by atoms with Gasteiger partial charge in [0.1, 0.15) is 6.10 Å². The van der Waals surface area contributed by atoms with Crippen LogP contribution in [-0.2, 0) is 9.16 Å². The van der Waals surface area contributed by atoms with Crippen molar-refractivity contribution in [1.29, 1.82) is 0 Å². The van der Waals surface area contributed by atoms with Crippen molar-refractivity contribution >= 4 is 8.32 Å². The van der Waals surface area contributed by atoms with Gasteiger partial charge >= 0.3 is 0 Å². The second kappa shape index (κ2) is 5.68. The minimum Gasteiger partial charge on any atom is -0.411 e. The maximum atomic E-state index is 6.47. The Labute approximate surface area is 108 Å². The molecule has 0 saturated carbocycles. The molecule has 1 aliphatic rings. The molecule has 1 rings (SSSR count). The summed E-state index contributed by atoms with van der Waals surface area (Å²) in [5, 5.41) is 0.255. The average molecular weight is 256 g/mol. The molecule has 0 aromatic carbocycles. The van der Waals surface area contributed by atoms with Crippen LogP contribution in [0.3, 0.4) is 0 Å². The first-order valence-electron chi connectivity index (χ1n) is 6.70. The highest BCUT2D eigenvalue weighted by molar-refractivity contribution is 6.74. The molecule has 0 aliphatic carbocycles. The molecule has 0 N–H and O–H groups in total. The van der Waals surface area contributed by atoms with Crippen molar-refractivity contribution in [2.24, 2.45) is 0 Å². The van der Waals surface area contributed by atoms with Gasteiger partial charge in [0.05, 0.1) is 6.10 Å². The topological polar surface area (TPSA) is 18.5 Å². The lowest BCUT2D eigenvalue weighted by Gasteiger charge is -2.40. The Morgan fingerprint density at radius 3 is 2.47 bits per heavy atom. The number of ether oxygens (including phenoxy) is 1. The van der Waals surface area contributed by atoms with Crippen LogP contribution in [0.1, 0.15) is 40.0 Å². The highest BCUT2D eigenvalue weighted by Gasteiger charge is 2.40. The predicted octanol–water partition coefficient (Wildman–Crippen LogP) is 4.13. The van der Waals surface area contributed by atoms with Crippen LogP contribution in [0.4, 0.5) is 0 Å². The van der Waals surface area contributed by atoms with Gasteiger partial charge in [-0.15, -0.1) is 6.58 Å². The summed E-state index contributed by atoms with van der Waals surface area (Å²) in [4.78, 5) is 0. The Morgan fingerprint density at radius 2 is 1.94 bits per heavy atom. The van der Waals surface area contributed by atoms with Gasteiger partial charge in [0, 0.05) is 6.61 Å². The summed E-state index contributed by atoms with van der Waals surface area (Å²) in [5.74, 6) is 0. The normalized spacial score (nSPS) is 27.6. The van der Waals surface area contributed by atoms with E-state index < -0.39 is 8.32 Å². The van der Waals surface area contributed by atoms with Gasteiger partial charge < -0.3 is 9.16 Å². The zero-order chi connectivity index (χ0) is 13.1. The van der Waals surface area contributed by atoms with Crippen LogP contribution in [0.2, 0.25) is 18.1 Å². The van der Waals surface area contributed by atoms with Gasteiger partial charge in [0.2, 0.25) is 0 Å². The van der Waals surface area contributed by atoms with Gasteiger partial charge in [0.15, 0.2) is 8.32 Å². The van der Waals surface area contributed by atoms with Crippen LogP contribution in [-0.4, -0.2) is 27.1 Å². The molecule has 0 aromatic heterocycles. The Morgan fingerprint density at radius 1 is 1.29 bits per heavy atom. The van der Waals surface area contributed by atoms with E-state index in [1.54, 1.807) is 0 Å². The van der Waals surface area contributed by atoms with E-state index in [9.17, 15) is 0 Å². The van der Waals surface area contributed by atoms with Crippen LogP contribution >= 0.6 is 0 Å². The SMILES string of the molecule is C=C[C@H]1OCCCC[C@@H]1O[Si](C)(C)C(C)(C)C. The summed E-state index contributed by atoms with van der Waals surface area (Å²) < 4.78 is 12.3. The minimum absolute atomic E-state index is 0.0756. The monoisotopic (exact) mass is 256 g/mol. The fourth-order valence-electron chi connectivity index (χ4n) is 1.84. The van der Waals surface area contributed by atoms with Crippen molar-refractivity contribution in [2.75, 3.05) is 6.61 Å². The first-order valence-corrected chi connectivity index (χ1v) is 9.61. The third kappa shape index (κ3) is 3.93. The number of hydrogen-bond donors (Lipinski definition) is 0. The molecule has 1 aliphatic heterocycles. The Balaban J connectivity index is 2.73. The fourth-order valence-corrected chi connectivity index (χ4v) is 3.20. The Hall–Kier alpha value is -0.123. The number of hydrogen-bond acceptors (Lipinski definition) is 2. The Kier molecular flexibility index (Phi) is 4.99. The number of rotatable bonds is 3. The zero-order valence-corrected chi connectivity index (χ0v) is 13.1.